The molecule has 0 spiro atoms. The number of rotatable bonds is 11. The molecule has 2 aromatic rings. The van der Waals surface area contributed by atoms with Crippen LogP contribution in [0.15, 0.2) is 48.5 Å². The topological polar surface area (TPSA) is 41.9 Å². The highest BCUT2D eigenvalue weighted by atomic mass is 16.5. The van der Waals surface area contributed by atoms with Gasteiger partial charge in [-0.15, -0.1) is 0 Å². The van der Waals surface area contributed by atoms with E-state index in [9.17, 15) is 5.11 Å². The molecule has 0 aliphatic carbocycles. The maximum absolute atomic E-state index is 10.4. The summed E-state index contributed by atoms with van der Waals surface area (Å²) in [5, 5.41) is 10.4. The first-order valence-corrected chi connectivity index (χ1v) is 9.49. The van der Waals surface area contributed by atoms with Crippen molar-refractivity contribution in [1.82, 2.24) is 4.90 Å². The van der Waals surface area contributed by atoms with Crippen LogP contribution in [0.2, 0.25) is 0 Å². The molecule has 0 heterocycles. The van der Waals surface area contributed by atoms with Gasteiger partial charge in [0, 0.05) is 6.54 Å². The van der Waals surface area contributed by atoms with E-state index in [1.807, 2.05) is 55.5 Å². The van der Waals surface area contributed by atoms with E-state index in [4.69, 9.17) is 9.47 Å². The van der Waals surface area contributed by atoms with Crippen LogP contribution in [0, 0.1) is 6.92 Å². The van der Waals surface area contributed by atoms with Gasteiger partial charge in [-0.3, -0.25) is 0 Å². The number of benzene rings is 2. The molecule has 0 amide bonds. The smallest absolute Gasteiger partial charge is 0.169 e. The Bertz CT molecular complexity index is 653. The van der Waals surface area contributed by atoms with Crippen molar-refractivity contribution in [3.63, 3.8) is 0 Å². The molecule has 0 bridgehead atoms. The standard InChI is InChI=1S/C22H31NO3/c1-4-14-23(15-5-2)16-19(24)17-25-21-12-8-9-13-22(21)26-20-11-7-6-10-18(20)3/h6-13,19,24H,4-5,14-17H2,1-3H3. The molecule has 1 N–H and O–H groups in total. The van der Waals surface area contributed by atoms with Gasteiger partial charge in [-0.25, -0.2) is 0 Å². The Morgan fingerprint density at radius 1 is 0.885 bits per heavy atom. The summed E-state index contributed by atoms with van der Waals surface area (Å²) in [5.41, 5.74) is 1.07. The Labute approximate surface area is 157 Å². The van der Waals surface area contributed by atoms with Gasteiger partial charge in [0.25, 0.3) is 0 Å². The Kier molecular flexibility index (Phi) is 8.45. The fraction of sp³-hybridized carbons (Fsp3) is 0.455. The van der Waals surface area contributed by atoms with E-state index in [-0.39, 0.29) is 6.61 Å². The molecule has 0 saturated carbocycles. The Morgan fingerprint density at radius 3 is 2.08 bits per heavy atom. The van der Waals surface area contributed by atoms with E-state index in [0.717, 1.165) is 37.2 Å². The lowest BCUT2D eigenvalue weighted by Gasteiger charge is -2.24. The SMILES string of the molecule is CCCN(CCC)CC(O)COc1ccccc1Oc1ccccc1C. The van der Waals surface area contributed by atoms with E-state index in [2.05, 4.69) is 18.7 Å². The normalized spacial score (nSPS) is 12.2. The molecule has 26 heavy (non-hydrogen) atoms. The van der Waals surface area contributed by atoms with Gasteiger partial charge in [0.05, 0.1) is 0 Å². The van der Waals surface area contributed by atoms with Gasteiger partial charge in [-0.1, -0.05) is 44.2 Å². The zero-order valence-electron chi connectivity index (χ0n) is 16.1. The molecule has 2 rings (SSSR count). The lowest BCUT2D eigenvalue weighted by Crippen LogP contribution is -2.36. The van der Waals surface area contributed by atoms with Crippen LogP contribution >= 0.6 is 0 Å². The summed E-state index contributed by atoms with van der Waals surface area (Å²) >= 11 is 0. The van der Waals surface area contributed by atoms with Gasteiger partial charge >= 0.3 is 0 Å². The highest BCUT2D eigenvalue weighted by Crippen LogP contribution is 2.32. The van der Waals surface area contributed by atoms with Gasteiger partial charge in [0.1, 0.15) is 18.5 Å². The second-order valence-corrected chi connectivity index (χ2v) is 6.58. The van der Waals surface area contributed by atoms with Crippen molar-refractivity contribution in [1.29, 1.82) is 0 Å². The van der Waals surface area contributed by atoms with Crippen LogP contribution in [-0.4, -0.2) is 42.4 Å². The molecule has 0 fully saturated rings. The summed E-state index contributed by atoms with van der Waals surface area (Å²) in [6, 6.07) is 15.5. The molecule has 1 atom stereocenters. The van der Waals surface area contributed by atoms with Crippen molar-refractivity contribution < 1.29 is 14.6 Å². The minimum atomic E-state index is -0.528. The fourth-order valence-electron chi connectivity index (χ4n) is 2.91. The Balaban J connectivity index is 1.96. The Hall–Kier alpha value is -2.04. The van der Waals surface area contributed by atoms with Crippen LogP contribution in [0.1, 0.15) is 32.3 Å². The monoisotopic (exact) mass is 357 g/mol. The second-order valence-electron chi connectivity index (χ2n) is 6.58. The molecule has 142 valence electrons. The number of nitrogens with zero attached hydrogens (tertiary/aromatic N) is 1. The Morgan fingerprint density at radius 2 is 1.46 bits per heavy atom. The fourth-order valence-corrected chi connectivity index (χ4v) is 2.91. The number of para-hydroxylation sites is 3. The summed E-state index contributed by atoms with van der Waals surface area (Å²) < 4.78 is 11.9. The zero-order chi connectivity index (χ0) is 18.8. The minimum absolute atomic E-state index is 0.248. The summed E-state index contributed by atoms with van der Waals surface area (Å²) in [6.45, 7) is 9.20. The van der Waals surface area contributed by atoms with Crippen LogP contribution in [0.5, 0.6) is 17.2 Å². The molecule has 1 unspecified atom stereocenters. The number of aryl methyl sites for hydroxylation is 1. The molecular formula is C22H31NO3. The number of aliphatic hydroxyl groups is 1. The molecule has 2 aromatic carbocycles. The van der Waals surface area contributed by atoms with Gasteiger partial charge < -0.3 is 19.5 Å². The summed E-state index contributed by atoms with van der Waals surface area (Å²) in [7, 11) is 0. The number of ether oxygens (including phenoxy) is 2. The summed E-state index contributed by atoms with van der Waals surface area (Å²) in [6.07, 6.45) is 1.64. The van der Waals surface area contributed by atoms with E-state index in [1.54, 1.807) is 0 Å². The van der Waals surface area contributed by atoms with Crippen LogP contribution in [0.3, 0.4) is 0 Å². The predicted octanol–water partition coefficient (Wildman–Crippen LogP) is 4.65. The molecule has 0 aliphatic rings. The lowest BCUT2D eigenvalue weighted by atomic mass is 10.2. The van der Waals surface area contributed by atoms with E-state index in [0.29, 0.717) is 18.0 Å². The highest BCUT2D eigenvalue weighted by molar-refractivity contribution is 5.44. The molecule has 0 radical (unpaired) electrons. The van der Waals surface area contributed by atoms with Gasteiger partial charge in [0.15, 0.2) is 11.5 Å². The number of hydrogen-bond acceptors (Lipinski definition) is 4. The van der Waals surface area contributed by atoms with Crippen molar-refractivity contribution in [2.24, 2.45) is 0 Å². The van der Waals surface area contributed by atoms with Gasteiger partial charge in [-0.05, 0) is 56.6 Å². The van der Waals surface area contributed by atoms with Gasteiger partial charge in [-0.2, -0.15) is 0 Å². The third kappa shape index (κ3) is 6.36. The molecule has 0 aromatic heterocycles. The first-order chi connectivity index (χ1) is 12.6. The average Bonchev–Trinajstić information content (AvgIpc) is 2.63. The van der Waals surface area contributed by atoms with Crippen molar-refractivity contribution in [3.8, 4) is 17.2 Å². The zero-order valence-corrected chi connectivity index (χ0v) is 16.1. The minimum Gasteiger partial charge on any atom is -0.487 e. The quantitative estimate of drug-likeness (QED) is 0.636. The highest BCUT2D eigenvalue weighted by Gasteiger charge is 2.13. The van der Waals surface area contributed by atoms with Crippen LogP contribution < -0.4 is 9.47 Å². The van der Waals surface area contributed by atoms with Crippen molar-refractivity contribution >= 4 is 0 Å². The van der Waals surface area contributed by atoms with Gasteiger partial charge in [0.2, 0.25) is 0 Å². The predicted molar refractivity (Wildman–Crippen MR) is 106 cm³/mol. The first-order valence-electron chi connectivity index (χ1n) is 9.49. The summed E-state index contributed by atoms with van der Waals surface area (Å²) in [5.74, 6) is 2.11. The van der Waals surface area contributed by atoms with Crippen molar-refractivity contribution in [3.05, 3.63) is 54.1 Å². The average molecular weight is 357 g/mol. The number of aliphatic hydroxyl groups excluding tert-OH is 1. The van der Waals surface area contributed by atoms with Crippen molar-refractivity contribution in [2.75, 3.05) is 26.2 Å². The van der Waals surface area contributed by atoms with E-state index in [1.165, 1.54) is 0 Å². The maximum atomic E-state index is 10.4. The van der Waals surface area contributed by atoms with E-state index >= 15 is 0 Å². The second kappa shape index (κ2) is 10.8. The summed E-state index contributed by atoms with van der Waals surface area (Å²) in [4.78, 5) is 2.28. The van der Waals surface area contributed by atoms with Crippen LogP contribution in [-0.2, 0) is 0 Å². The van der Waals surface area contributed by atoms with Crippen molar-refractivity contribution in [2.45, 2.75) is 39.7 Å². The van der Waals surface area contributed by atoms with Crippen LogP contribution in [0.4, 0.5) is 0 Å². The van der Waals surface area contributed by atoms with E-state index < -0.39 is 6.10 Å². The largest absolute Gasteiger partial charge is 0.487 e. The molecule has 4 nitrogen and oxygen atoms in total. The maximum Gasteiger partial charge on any atom is 0.169 e. The lowest BCUT2D eigenvalue weighted by molar-refractivity contribution is 0.0673. The number of hydrogen-bond donors (Lipinski definition) is 1. The molecule has 4 heteroatoms. The molecular weight excluding hydrogens is 326 g/mol. The molecule has 0 aliphatic heterocycles. The first kappa shape index (κ1) is 20.3. The van der Waals surface area contributed by atoms with Crippen LogP contribution in [0.25, 0.3) is 0 Å². The third-order valence-electron chi connectivity index (χ3n) is 4.14. The molecule has 0 saturated heterocycles. The third-order valence-corrected chi connectivity index (χ3v) is 4.14.